The first-order valence-electron chi connectivity index (χ1n) is 8.81. The van der Waals surface area contributed by atoms with Gasteiger partial charge in [0.05, 0.1) is 0 Å². The Labute approximate surface area is 167 Å². The molecule has 1 aromatic rings. The largest absolute Gasteiger partial charge is 0.573 e. The molecule has 156 valence electrons. The molecule has 0 spiro atoms. The molecule has 0 atom stereocenters. The van der Waals surface area contributed by atoms with E-state index in [1.807, 2.05) is 11.8 Å². The summed E-state index contributed by atoms with van der Waals surface area (Å²) in [5.41, 5.74) is 0. The van der Waals surface area contributed by atoms with Gasteiger partial charge in [-0.1, -0.05) is 19.2 Å². The topological polar surface area (TPSA) is 54.4 Å². The molecule has 0 unspecified atom stereocenters. The van der Waals surface area contributed by atoms with Crippen molar-refractivity contribution in [3.05, 3.63) is 61.5 Å². The van der Waals surface area contributed by atoms with E-state index in [1.54, 1.807) is 17.2 Å². The molecule has 9 heteroatoms. The Morgan fingerprint density at radius 3 is 2.17 bits per heavy atom. The minimum atomic E-state index is -4.76. The number of aliphatic imine (C=N–C) groups is 1. The number of ether oxygens (including phenoxy) is 2. The molecular weight excluding hydrogens is 387 g/mol. The van der Waals surface area contributed by atoms with Gasteiger partial charge >= 0.3 is 6.36 Å². The van der Waals surface area contributed by atoms with E-state index in [2.05, 4.69) is 22.9 Å². The van der Waals surface area contributed by atoms with E-state index in [4.69, 9.17) is 4.74 Å². The fourth-order valence-electron chi connectivity index (χ4n) is 2.64. The van der Waals surface area contributed by atoms with Crippen LogP contribution < -0.4 is 9.47 Å². The number of carbonyl (C=O) groups is 1. The van der Waals surface area contributed by atoms with Crippen molar-refractivity contribution in [3.63, 3.8) is 0 Å². The van der Waals surface area contributed by atoms with Gasteiger partial charge in [-0.3, -0.25) is 4.79 Å². The van der Waals surface area contributed by atoms with Crippen LogP contribution in [0.1, 0.15) is 6.92 Å². The van der Waals surface area contributed by atoms with Crippen LogP contribution in [-0.2, 0) is 4.79 Å². The van der Waals surface area contributed by atoms with Crippen LogP contribution in [0.2, 0.25) is 0 Å². The van der Waals surface area contributed by atoms with Crippen LogP contribution in [-0.4, -0.2) is 54.1 Å². The number of hydrogen-bond acceptors (Lipinski definition) is 4. The molecule has 0 radical (unpaired) electrons. The van der Waals surface area contributed by atoms with Crippen molar-refractivity contribution >= 4 is 11.7 Å². The van der Waals surface area contributed by atoms with Gasteiger partial charge in [-0.25, -0.2) is 4.99 Å². The Hall–Kier alpha value is -3.23. The van der Waals surface area contributed by atoms with Gasteiger partial charge in [0.25, 0.3) is 0 Å². The Morgan fingerprint density at radius 2 is 1.66 bits per heavy atom. The molecule has 1 aliphatic heterocycles. The molecule has 0 saturated carbocycles. The summed E-state index contributed by atoms with van der Waals surface area (Å²) < 4.78 is 46.3. The monoisotopic (exact) mass is 409 g/mol. The van der Waals surface area contributed by atoms with Crippen molar-refractivity contribution < 1.29 is 27.4 Å². The summed E-state index contributed by atoms with van der Waals surface area (Å²) in [5.74, 6) is 0.521. The molecule has 29 heavy (non-hydrogen) atoms. The van der Waals surface area contributed by atoms with E-state index in [1.165, 1.54) is 18.2 Å². The minimum absolute atomic E-state index is 0.132. The number of nitrogens with zero attached hydrogens (tertiary/aromatic N) is 3. The first-order chi connectivity index (χ1) is 13.7. The minimum Gasteiger partial charge on any atom is -0.454 e. The van der Waals surface area contributed by atoms with Crippen LogP contribution in [0.15, 0.2) is 66.5 Å². The quantitative estimate of drug-likeness (QED) is 0.311. The Morgan fingerprint density at radius 1 is 1.10 bits per heavy atom. The molecule has 1 saturated heterocycles. The first-order valence-corrected chi connectivity index (χ1v) is 8.81. The van der Waals surface area contributed by atoms with E-state index >= 15 is 0 Å². The molecule has 1 heterocycles. The summed E-state index contributed by atoms with van der Waals surface area (Å²) in [6, 6.07) is 5.00. The highest BCUT2D eigenvalue weighted by Crippen LogP contribution is 2.25. The Kier molecular flexibility index (Phi) is 7.46. The van der Waals surface area contributed by atoms with Crippen LogP contribution >= 0.6 is 0 Å². The number of amides is 1. The molecule has 0 aromatic heterocycles. The van der Waals surface area contributed by atoms with Gasteiger partial charge in [0.1, 0.15) is 11.5 Å². The molecule has 0 bridgehead atoms. The number of benzene rings is 1. The highest BCUT2D eigenvalue weighted by atomic mass is 19.4. The zero-order valence-electron chi connectivity index (χ0n) is 16.0. The number of alkyl halides is 3. The number of rotatable bonds is 6. The first kappa shape index (κ1) is 22.1. The van der Waals surface area contributed by atoms with Gasteiger partial charge in [0, 0.05) is 32.4 Å². The van der Waals surface area contributed by atoms with Gasteiger partial charge in [0.15, 0.2) is 11.6 Å². The van der Waals surface area contributed by atoms with Crippen molar-refractivity contribution in [2.45, 2.75) is 13.3 Å². The normalized spacial score (nSPS) is 15.4. The number of halogens is 3. The summed E-state index contributed by atoms with van der Waals surface area (Å²) >= 11 is 0. The molecule has 1 aliphatic rings. The SMILES string of the molecule is C=CC(=O)N1CCN(/C(=N/C=C\C)C(=C)Oc2ccc(OC(F)(F)F)cc2)CC1. The van der Waals surface area contributed by atoms with E-state index in [-0.39, 0.29) is 23.2 Å². The predicted molar refractivity (Wildman–Crippen MR) is 103 cm³/mol. The third kappa shape index (κ3) is 6.70. The molecule has 0 aliphatic carbocycles. The summed E-state index contributed by atoms with van der Waals surface area (Å²) in [6.07, 6.45) is -0.147. The summed E-state index contributed by atoms with van der Waals surface area (Å²) in [4.78, 5) is 19.7. The number of piperazine rings is 1. The van der Waals surface area contributed by atoms with Crippen molar-refractivity contribution in [2.24, 2.45) is 4.99 Å². The molecular formula is C20H22F3N3O3. The third-order valence-electron chi connectivity index (χ3n) is 3.96. The number of amidine groups is 1. The van der Waals surface area contributed by atoms with Gasteiger partial charge in [-0.15, -0.1) is 13.2 Å². The van der Waals surface area contributed by atoms with Crippen molar-refractivity contribution in [1.82, 2.24) is 9.80 Å². The Bertz CT molecular complexity index is 793. The third-order valence-corrected chi connectivity index (χ3v) is 3.96. The van der Waals surface area contributed by atoms with Gasteiger partial charge in [-0.2, -0.15) is 0 Å². The van der Waals surface area contributed by atoms with E-state index in [9.17, 15) is 18.0 Å². The van der Waals surface area contributed by atoms with Crippen LogP contribution in [0.4, 0.5) is 13.2 Å². The summed E-state index contributed by atoms with van der Waals surface area (Å²) in [7, 11) is 0. The van der Waals surface area contributed by atoms with Crippen LogP contribution in [0.3, 0.4) is 0 Å². The highest BCUT2D eigenvalue weighted by Gasteiger charge is 2.31. The lowest BCUT2D eigenvalue weighted by atomic mass is 10.2. The van der Waals surface area contributed by atoms with Crippen molar-refractivity contribution in [1.29, 1.82) is 0 Å². The highest BCUT2D eigenvalue weighted by molar-refractivity contribution is 5.97. The summed E-state index contributed by atoms with van der Waals surface area (Å²) in [5, 5.41) is 0. The number of hydrogen-bond donors (Lipinski definition) is 0. The Balaban J connectivity index is 2.06. The lowest BCUT2D eigenvalue weighted by Crippen LogP contribution is -2.50. The van der Waals surface area contributed by atoms with Crippen LogP contribution in [0.25, 0.3) is 0 Å². The predicted octanol–water partition coefficient (Wildman–Crippen LogP) is 3.74. The van der Waals surface area contributed by atoms with E-state index in [0.717, 1.165) is 12.1 Å². The van der Waals surface area contributed by atoms with Crippen LogP contribution in [0, 0.1) is 0 Å². The fraction of sp³-hybridized carbons (Fsp3) is 0.300. The molecule has 1 fully saturated rings. The average molecular weight is 409 g/mol. The smallest absolute Gasteiger partial charge is 0.454 e. The van der Waals surface area contributed by atoms with Gasteiger partial charge < -0.3 is 19.3 Å². The molecule has 1 aromatic carbocycles. The van der Waals surface area contributed by atoms with E-state index < -0.39 is 6.36 Å². The second kappa shape index (κ2) is 9.81. The van der Waals surface area contributed by atoms with Crippen molar-refractivity contribution in [2.75, 3.05) is 26.2 Å². The lowest BCUT2D eigenvalue weighted by molar-refractivity contribution is -0.274. The summed E-state index contributed by atoms with van der Waals surface area (Å²) in [6.45, 7) is 11.2. The zero-order chi connectivity index (χ0) is 21.4. The second-order valence-corrected chi connectivity index (χ2v) is 6.00. The second-order valence-electron chi connectivity index (χ2n) is 6.00. The van der Waals surface area contributed by atoms with Gasteiger partial charge in [0.2, 0.25) is 5.91 Å². The standard InChI is InChI=1S/C20H22F3N3O3/c1-4-10-24-19(26-13-11-25(12-14-26)18(27)5-2)15(3)28-16-6-8-17(9-7-16)29-20(21,22)23/h4-10H,2-3,11-14H2,1H3/b10-4-,24-19+. The lowest BCUT2D eigenvalue weighted by Gasteiger charge is -2.36. The van der Waals surface area contributed by atoms with E-state index in [0.29, 0.717) is 32.0 Å². The molecule has 2 rings (SSSR count). The maximum atomic E-state index is 12.3. The fourth-order valence-corrected chi connectivity index (χ4v) is 2.64. The van der Waals surface area contributed by atoms with Gasteiger partial charge in [-0.05, 0) is 37.3 Å². The average Bonchev–Trinajstić information content (AvgIpc) is 2.68. The maximum absolute atomic E-state index is 12.3. The molecule has 0 N–H and O–H groups in total. The van der Waals surface area contributed by atoms with Crippen molar-refractivity contribution in [3.8, 4) is 11.5 Å². The number of allylic oxidation sites excluding steroid dienone is 1. The molecule has 1 amide bonds. The zero-order valence-corrected chi connectivity index (χ0v) is 16.0. The van der Waals surface area contributed by atoms with Crippen LogP contribution in [0.5, 0.6) is 11.5 Å². The molecule has 6 nitrogen and oxygen atoms in total. The number of carbonyl (C=O) groups excluding carboxylic acids is 1. The maximum Gasteiger partial charge on any atom is 0.573 e.